The largest absolute Gasteiger partial charge is 0.311 e. The van der Waals surface area contributed by atoms with Crippen LogP contribution in [-0.4, -0.2) is 4.57 Å². The monoisotopic (exact) mass is 760 g/mol. The number of nitrogens with zero attached hydrogens (tertiary/aromatic N) is 2. The molecule has 10 aromatic rings. The average molecular weight is 761 g/mol. The van der Waals surface area contributed by atoms with Crippen molar-refractivity contribution in [3.05, 3.63) is 224 Å². The summed E-state index contributed by atoms with van der Waals surface area (Å²) in [4.78, 5) is 2.30. The highest BCUT2D eigenvalue weighted by atomic mass is 31.2. The van der Waals surface area contributed by atoms with Crippen molar-refractivity contribution in [3.8, 4) is 39.1 Å². The molecule has 0 N–H and O–H groups in total. The van der Waals surface area contributed by atoms with Crippen LogP contribution in [0.5, 0.6) is 0 Å². The van der Waals surface area contributed by atoms with Crippen molar-refractivity contribution in [1.82, 2.24) is 4.57 Å². The highest BCUT2D eigenvalue weighted by Gasteiger charge is 2.41. The predicted molar refractivity (Wildman–Crippen MR) is 245 cm³/mol. The fourth-order valence-electron chi connectivity index (χ4n) is 8.91. The van der Waals surface area contributed by atoms with Gasteiger partial charge in [-0.25, -0.2) is 0 Å². The van der Waals surface area contributed by atoms with Crippen LogP contribution in [-0.2, 0) is 4.57 Å². The van der Waals surface area contributed by atoms with Crippen LogP contribution >= 0.6 is 7.14 Å². The first-order valence-electron chi connectivity index (χ1n) is 19.7. The molecule has 274 valence electrons. The zero-order valence-corrected chi connectivity index (χ0v) is 32.5. The van der Waals surface area contributed by atoms with Crippen LogP contribution < -0.4 is 20.8 Å². The third kappa shape index (κ3) is 5.39. The van der Waals surface area contributed by atoms with E-state index in [4.69, 9.17) is 0 Å². The number of fused-ring (bicyclic) bond motifs is 7. The molecule has 9 aromatic carbocycles. The first kappa shape index (κ1) is 34.1. The minimum absolute atomic E-state index is 0.867. The Hall–Kier alpha value is -7.19. The summed E-state index contributed by atoms with van der Waals surface area (Å²) >= 11 is 0. The van der Waals surface area contributed by atoms with Gasteiger partial charge in [-0.05, 0) is 88.5 Å². The van der Waals surface area contributed by atoms with Crippen molar-refractivity contribution in [2.45, 2.75) is 0 Å². The van der Waals surface area contributed by atoms with Gasteiger partial charge in [0.25, 0.3) is 0 Å². The smallest absolute Gasteiger partial charge is 0.172 e. The average Bonchev–Trinajstić information content (AvgIpc) is 3.78. The summed E-state index contributed by atoms with van der Waals surface area (Å²) in [7, 11) is -3.09. The molecule has 1 aliphatic rings. The van der Waals surface area contributed by atoms with Crippen molar-refractivity contribution in [2.75, 3.05) is 4.90 Å². The topological polar surface area (TPSA) is 25.2 Å². The second kappa shape index (κ2) is 13.8. The number of aromatic nitrogens is 1. The number of hydrogen-bond donors (Lipinski definition) is 0. The molecular weight excluding hydrogens is 724 g/mol. The maximum atomic E-state index is 15.4. The van der Waals surface area contributed by atoms with Crippen molar-refractivity contribution >= 4 is 61.9 Å². The summed E-state index contributed by atoms with van der Waals surface area (Å²) in [6, 6.07) is 78.7. The molecule has 0 amide bonds. The van der Waals surface area contributed by atoms with Gasteiger partial charge in [-0.15, -0.1) is 0 Å². The van der Waals surface area contributed by atoms with E-state index >= 15 is 4.57 Å². The number of benzene rings is 9. The molecule has 2 heterocycles. The molecule has 0 bridgehead atoms. The summed E-state index contributed by atoms with van der Waals surface area (Å²) in [6.07, 6.45) is 0. The van der Waals surface area contributed by atoms with Crippen LogP contribution in [0.4, 0.5) is 17.1 Å². The highest BCUT2D eigenvalue weighted by Crippen LogP contribution is 2.54. The summed E-state index contributed by atoms with van der Waals surface area (Å²) in [5, 5.41) is 5.02. The van der Waals surface area contributed by atoms with Gasteiger partial charge in [0.05, 0.1) is 11.0 Å². The third-order valence-electron chi connectivity index (χ3n) is 11.6. The molecule has 4 heteroatoms. The van der Waals surface area contributed by atoms with E-state index < -0.39 is 7.14 Å². The Morgan fingerprint density at radius 3 is 1.53 bits per heavy atom. The lowest BCUT2D eigenvalue weighted by molar-refractivity contribution is 0.593. The van der Waals surface area contributed by atoms with Gasteiger partial charge in [0.1, 0.15) is 0 Å². The summed E-state index contributed by atoms with van der Waals surface area (Å²) in [5.41, 5.74) is 13.4. The van der Waals surface area contributed by atoms with E-state index in [0.717, 1.165) is 77.3 Å². The van der Waals surface area contributed by atoms with E-state index in [1.54, 1.807) is 0 Å². The van der Waals surface area contributed by atoms with Crippen LogP contribution in [0.2, 0.25) is 0 Å². The third-order valence-corrected chi connectivity index (χ3v) is 14.8. The molecule has 0 fully saturated rings. The molecule has 0 saturated heterocycles. The number of rotatable bonds is 7. The van der Waals surface area contributed by atoms with Gasteiger partial charge in [0.15, 0.2) is 7.14 Å². The van der Waals surface area contributed by atoms with Crippen molar-refractivity contribution < 1.29 is 4.57 Å². The minimum Gasteiger partial charge on any atom is -0.311 e. The Balaban J connectivity index is 0.989. The van der Waals surface area contributed by atoms with E-state index in [9.17, 15) is 0 Å². The maximum absolute atomic E-state index is 15.4. The molecule has 0 saturated carbocycles. The van der Waals surface area contributed by atoms with E-state index in [1.165, 1.54) is 16.5 Å². The fraction of sp³-hybridized carbons (Fsp3) is 0. The normalized spacial score (nSPS) is 14.3. The Kier molecular flexibility index (Phi) is 8.10. The second-order valence-corrected chi connectivity index (χ2v) is 17.5. The standard InChI is InChI=1S/C54H37N2OP/c57-58(46-18-8-3-9-19-46)51-23-13-11-21-49(51)53-52(58)37-36-48-47-20-10-12-22-50(47)56(54(48)53)45-34-28-41(29-35-45)40-26-32-44(33-27-40)55(42-16-6-2-7-17-42)43-30-24-39(25-31-43)38-14-4-1-5-15-38/h1-37H. The van der Waals surface area contributed by atoms with Gasteiger partial charge in [-0.1, -0.05) is 164 Å². The zero-order chi connectivity index (χ0) is 38.6. The molecule has 1 aromatic heterocycles. The number of hydrogen-bond acceptors (Lipinski definition) is 2. The number of para-hydroxylation sites is 2. The van der Waals surface area contributed by atoms with Crippen LogP contribution in [0.15, 0.2) is 224 Å². The molecule has 11 rings (SSSR count). The lowest BCUT2D eigenvalue weighted by Gasteiger charge is -2.26. The number of anilines is 3. The Morgan fingerprint density at radius 1 is 0.379 bits per heavy atom. The first-order chi connectivity index (χ1) is 28.7. The highest BCUT2D eigenvalue weighted by molar-refractivity contribution is 7.86. The predicted octanol–water partition coefficient (Wildman–Crippen LogP) is 13.2. The first-order valence-corrected chi connectivity index (χ1v) is 21.4. The summed E-state index contributed by atoms with van der Waals surface area (Å²) < 4.78 is 17.8. The minimum atomic E-state index is -3.09. The van der Waals surface area contributed by atoms with Gasteiger partial charge in [0, 0.05) is 55.0 Å². The van der Waals surface area contributed by atoms with Gasteiger partial charge in [0.2, 0.25) is 0 Å². The Bertz CT molecular complexity index is 3160. The molecule has 1 aliphatic heterocycles. The van der Waals surface area contributed by atoms with Crippen LogP contribution in [0.25, 0.3) is 60.9 Å². The molecule has 0 aliphatic carbocycles. The van der Waals surface area contributed by atoms with E-state index in [2.05, 4.69) is 198 Å². The van der Waals surface area contributed by atoms with E-state index in [-0.39, 0.29) is 0 Å². The second-order valence-electron chi connectivity index (χ2n) is 14.8. The van der Waals surface area contributed by atoms with E-state index in [0.29, 0.717) is 0 Å². The van der Waals surface area contributed by atoms with Crippen molar-refractivity contribution in [2.24, 2.45) is 0 Å². The summed E-state index contributed by atoms with van der Waals surface area (Å²) in [5.74, 6) is 0. The molecular formula is C54H37N2OP. The van der Waals surface area contributed by atoms with Gasteiger partial charge < -0.3 is 14.0 Å². The van der Waals surface area contributed by atoms with Gasteiger partial charge >= 0.3 is 0 Å². The molecule has 3 nitrogen and oxygen atoms in total. The zero-order valence-electron chi connectivity index (χ0n) is 31.6. The van der Waals surface area contributed by atoms with Crippen molar-refractivity contribution in [1.29, 1.82) is 0 Å². The van der Waals surface area contributed by atoms with Gasteiger partial charge in [-0.2, -0.15) is 0 Å². The van der Waals surface area contributed by atoms with Crippen LogP contribution in [0.1, 0.15) is 0 Å². The molecule has 1 unspecified atom stereocenters. The van der Waals surface area contributed by atoms with Crippen molar-refractivity contribution in [3.63, 3.8) is 0 Å². The molecule has 1 atom stereocenters. The molecule has 58 heavy (non-hydrogen) atoms. The van der Waals surface area contributed by atoms with Crippen LogP contribution in [0, 0.1) is 0 Å². The lowest BCUT2D eigenvalue weighted by Crippen LogP contribution is -2.20. The summed E-state index contributed by atoms with van der Waals surface area (Å²) in [6.45, 7) is 0. The Morgan fingerprint density at radius 2 is 0.879 bits per heavy atom. The van der Waals surface area contributed by atoms with E-state index in [1.807, 2.05) is 36.4 Å². The molecule has 0 spiro atoms. The fourth-order valence-corrected chi connectivity index (χ4v) is 12.0. The molecule has 0 radical (unpaired) electrons. The van der Waals surface area contributed by atoms with Gasteiger partial charge in [-0.3, -0.25) is 0 Å². The maximum Gasteiger partial charge on any atom is 0.172 e. The quantitative estimate of drug-likeness (QED) is 0.151. The SMILES string of the molecule is O=P1(c2ccccc2)c2ccccc2-c2c1ccc1c3ccccc3n(-c3ccc(-c4ccc(N(c5ccccc5)c5ccc(-c6ccccc6)cc5)cc4)cc3)c21. The van der Waals surface area contributed by atoms with Crippen LogP contribution in [0.3, 0.4) is 0 Å². The lowest BCUT2D eigenvalue weighted by atomic mass is 10.0. The Labute approximate surface area is 338 Å².